The van der Waals surface area contributed by atoms with Crippen molar-refractivity contribution in [2.45, 2.75) is 6.92 Å². The van der Waals surface area contributed by atoms with E-state index in [-0.39, 0.29) is 5.75 Å². The highest BCUT2D eigenvalue weighted by molar-refractivity contribution is 7.93. The van der Waals surface area contributed by atoms with Crippen molar-refractivity contribution in [3.8, 4) is 11.4 Å². The summed E-state index contributed by atoms with van der Waals surface area (Å²) in [6.45, 7) is 1.99. The van der Waals surface area contributed by atoms with Crippen molar-refractivity contribution in [3.63, 3.8) is 0 Å². The first-order valence-electron chi connectivity index (χ1n) is 6.55. The minimum Gasteiger partial charge on any atom is -0.384 e. The molecule has 0 bridgehead atoms. The molecule has 1 atom stereocenters. The predicted molar refractivity (Wildman–Crippen MR) is 82.0 cm³/mol. The Kier molecular flexibility index (Phi) is 5.04. The first kappa shape index (κ1) is 16.3. The zero-order chi connectivity index (χ0) is 16.2. The van der Waals surface area contributed by atoms with Gasteiger partial charge in [0.25, 0.3) is 5.91 Å². The molecule has 0 saturated heterocycles. The van der Waals surface area contributed by atoms with Crippen molar-refractivity contribution in [1.82, 2.24) is 10.1 Å². The molecule has 1 heterocycles. The van der Waals surface area contributed by atoms with Gasteiger partial charge in [-0.15, -0.1) is 0 Å². The molecule has 118 valence electrons. The Morgan fingerprint density at radius 1 is 1.36 bits per heavy atom. The fraction of sp³-hybridized carbons (Fsp3) is 0.357. The van der Waals surface area contributed by atoms with Gasteiger partial charge in [-0.2, -0.15) is 9.35 Å². The average Bonchev–Trinajstić information content (AvgIpc) is 2.91. The van der Waals surface area contributed by atoms with Crippen molar-refractivity contribution >= 4 is 15.6 Å². The Hall–Kier alpha value is -2.06. The Balaban J connectivity index is 2.18. The summed E-state index contributed by atoms with van der Waals surface area (Å²) in [7, 11) is -1.08. The second-order valence-electron chi connectivity index (χ2n) is 4.77. The molecule has 0 aliphatic carbocycles. The molecule has 8 heteroatoms. The van der Waals surface area contributed by atoms with Gasteiger partial charge in [-0.3, -0.25) is 4.79 Å². The SMILES string of the molecule is COCCS(C)(=O)=NC(=O)c1ccc(-c2noc(C)n2)cc1. The second-order valence-corrected chi connectivity index (χ2v) is 7.28. The summed E-state index contributed by atoms with van der Waals surface area (Å²) in [5, 5.41) is 3.80. The summed E-state index contributed by atoms with van der Waals surface area (Å²) in [6, 6.07) is 6.58. The van der Waals surface area contributed by atoms with E-state index in [0.29, 0.717) is 23.9 Å². The third kappa shape index (κ3) is 4.22. The number of ether oxygens (including phenoxy) is 1. The zero-order valence-corrected chi connectivity index (χ0v) is 13.4. The van der Waals surface area contributed by atoms with Crippen molar-refractivity contribution in [2.24, 2.45) is 4.36 Å². The van der Waals surface area contributed by atoms with Crippen LogP contribution in [0.15, 0.2) is 33.2 Å². The van der Waals surface area contributed by atoms with Crippen LogP contribution in [0.25, 0.3) is 11.4 Å². The molecule has 22 heavy (non-hydrogen) atoms. The number of hydrogen-bond acceptors (Lipinski definition) is 6. The number of rotatable bonds is 5. The maximum absolute atomic E-state index is 12.1. The van der Waals surface area contributed by atoms with Gasteiger partial charge in [0, 0.05) is 31.4 Å². The largest absolute Gasteiger partial charge is 0.384 e. The van der Waals surface area contributed by atoms with Gasteiger partial charge in [-0.1, -0.05) is 17.3 Å². The number of carbonyl (C=O) groups excluding carboxylic acids is 1. The van der Waals surface area contributed by atoms with Crippen LogP contribution in [0.2, 0.25) is 0 Å². The molecular formula is C14H17N3O4S. The lowest BCUT2D eigenvalue weighted by molar-refractivity contribution is 0.100. The van der Waals surface area contributed by atoms with Gasteiger partial charge in [0.05, 0.1) is 22.1 Å². The van der Waals surface area contributed by atoms with Gasteiger partial charge in [0.2, 0.25) is 11.7 Å². The summed E-state index contributed by atoms with van der Waals surface area (Å²) in [5.74, 6) is 0.622. The van der Waals surface area contributed by atoms with E-state index in [0.717, 1.165) is 5.56 Å². The number of benzene rings is 1. The molecule has 1 aromatic carbocycles. The van der Waals surface area contributed by atoms with E-state index in [4.69, 9.17) is 9.26 Å². The Morgan fingerprint density at radius 2 is 2.05 bits per heavy atom. The number of amides is 1. The fourth-order valence-electron chi connectivity index (χ4n) is 1.69. The number of methoxy groups -OCH3 is 1. The molecule has 0 spiro atoms. The third-order valence-electron chi connectivity index (χ3n) is 2.86. The molecule has 0 fully saturated rings. The van der Waals surface area contributed by atoms with Crippen LogP contribution >= 0.6 is 0 Å². The maximum Gasteiger partial charge on any atom is 0.285 e. The van der Waals surface area contributed by atoms with Crippen LogP contribution in [-0.4, -0.2) is 46.0 Å². The molecule has 2 rings (SSSR count). The highest BCUT2D eigenvalue weighted by atomic mass is 32.2. The van der Waals surface area contributed by atoms with Gasteiger partial charge >= 0.3 is 0 Å². The molecular weight excluding hydrogens is 306 g/mol. The highest BCUT2D eigenvalue weighted by Crippen LogP contribution is 2.17. The number of hydrogen-bond donors (Lipinski definition) is 0. The lowest BCUT2D eigenvalue weighted by Crippen LogP contribution is -2.11. The van der Waals surface area contributed by atoms with Crippen molar-refractivity contribution in [1.29, 1.82) is 0 Å². The van der Waals surface area contributed by atoms with Gasteiger partial charge in [-0.25, -0.2) is 4.21 Å². The summed E-state index contributed by atoms with van der Waals surface area (Å²) in [6.07, 6.45) is 1.44. The molecule has 7 nitrogen and oxygen atoms in total. The molecule has 1 unspecified atom stereocenters. The van der Waals surface area contributed by atoms with Crippen LogP contribution in [-0.2, 0) is 14.5 Å². The van der Waals surface area contributed by atoms with Crippen molar-refractivity contribution < 1.29 is 18.3 Å². The highest BCUT2D eigenvalue weighted by Gasteiger charge is 2.11. The average molecular weight is 323 g/mol. The van der Waals surface area contributed by atoms with Crippen molar-refractivity contribution in [2.75, 3.05) is 25.7 Å². The molecule has 0 aliphatic heterocycles. The van der Waals surface area contributed by atoms with Crippen LogP contribution in [0.4, 0.5) is 0 Å². The normalized spacial score (nSPS) is 13.6. The fourth-order valence-corrected chi connectivity index (χ4v) is 2.71. The summed E-state index contributed by atoms with van der Waals surface area (Å²) < 4.78 is 25.7. The summed E-state index contributed by atoms with van der Waals surface area (Å²) in [5.41, 5.74) is 1.08. The van der Waals surface area contributed by atoms with Crippen LogP contribution in [0.3, 0.4) is 0 Å². The zero-order valence-electron chi connectivity index (χ0n) is 12.6. The van der Waals surface area contributed by atoms with E-state index in [1.807, 2.05) is 0 Å². The number of nitrogens with zero attached hydrogens (tertiary/aromatic N) is 3. The minimum atomic E-state index is -2.59. The van der Waals surface area contributed by atoms with Crippen molar-refractivity contribution in [3.05, 3.63) is 35.7 Å². The van der Waals surface area contributed by atoms with Gasteiger partial charge in [-0.05, 0) is 12.1 Å². The van der Waals surface area contributed by atoms with E-state index >= 15 is 0 Å². The molecule has 1 aromatic heterocycles. The minimum absolute atomic E-state index is 0.218. The third-order valence-corrected chi connectivity index (χ3v) is 4.34. The van der Waals surface area contributed by atoms with Crippen LogP contribution < -0.4 is 0 Å². The first-order valence-corrected chi connectivity index (χ1v) is 8.64. The Bertz CT molecular complexity index is 774. The molecule has 0 saturated carbocycles. The number of carbonyl (C=O) groups is 1. The van der Waals surface area contributed by atoms with Crippen LogP contribution in [0.5, 0.6) is 0 Å². The Morgan fingerprint density at radius 3 is 2.59 bits per heavy atom. The van der Waals surface area contributed by atoms with E-state index < -0.39 is 15.6 Å². The molecule has 0 radical (unpaired) electrons. The monoisotopic (exact) mass is 323 g/mol. The smallest absolute Gasteiger partial charge is 0.285 e. The van der Waals surface area contributed by atoms with Gasteiger partial charge in [0.1, 0.15) is 0 Å². The topological polar surface area (TPSA) is 94.7 Å². The van der Waals surface area contributed by atoms with Gasteiger partial charge < -0.3 is 9.26 Å². The van der Waals surface area contributed by atoms with Crippen LogP contribution in [0, 0.1) is 6.92 Å². The number of aryl methyl sites for hydroxylation is 1. The molecule has 0 aliphatic rings. The maximum atomic E-state index is 12.1. The lowest BCUT2D eigenvalue weighted by atomic mass is 10.1. The molecule has 2 aromatic rings. The first-order chi connectivity index (χ1) is 10.4. The van der Waals surface area contributed by atoms with E-state index in [9.17, 15) is 9.00 Å². The standard InChI is InChI=1S/C14H17N3O4S/c1-10-15-13(16-21-10)11-4-6-12(7-5-11)14(18)17-22(3,19)9-8-20-2/h4-7H,8-9H2,1-3H3. The summed E-state index contributed by atoms with van der Waals surface area (Å²) >= 11 is 0. The lowest BCUT2D eigenvalue weighted by Gasteiger charge is -2.03. The second kappa shape index (κ2) is 6.80. The number of aromatic nitrogens is 2. The van der Waals surface area contributed by atoms with Gasteiger partial charge in [0.15, 0.2) is 0 Å². The van der Waals surface area contributed by atoms with Crippen LogP contribution in [0.1, 0.15) is 16.2 Å². The molecule has 0 N–H and O–H groups in total. The van der Waals surface area contributed by atoms with E-state index in [1.54, 1.807) is 31.2 Å². The van der Waals surface area contributed by atoms with E-state index in [2.05, 4.69) is 14.5 Å². The quantitative estimate of drug-likeness (QED) is 0.834. The Labute approximate surface area is 128 Å². The summed E-state index contributed by atoms with van der Waals surface area (Å²) in [4.78, 5) is 16.1. The molecule has 1 amide bonds. The van der Waals surface area contributed by atoms with E-state index in [1.165, 1.54) is 13.4 Å². The predicted octanol–water partition coefficient (Wildman–Crippen LogP) is 1.93.